The van der Waals surface area contributed by atoms with Gasteiger partial charge in [0, 0.05) is 45.0 Å². The zero-order valence-electron chi connectivity index (χ0n) is 17.3. The highest BCUT2D eigenvalue weighted by molar-refractivity contribution is 5.91. The van der Waals surface area contributed by atoms with E-state index in [0.29, 0.717) is 25.9 Å². The van der Waals surface area contributed by atoms with Gasteiger partial charge in [-0.05, 0) is 58.4 Å². The lowest BCUT2D eigenvalue weighted by atomic mass is 9.69. The summed E-state index contributed by atoms with van der Waals surface area (Å²) in [6, 6.07) is 0. The van der Waals surface area contributed by atoms with E-state index < -0.39 is 5.41 Å². The molecule has 1 unspecified atom stereocenters. The van der Waals surface area contributed by atoms with Crippen LogP contribution in [0.4, 0.5) is 0 Å². The van der Waals surface area contributed by atoms with E-state index >= 15 is 0 Å². The minimum Gasteiger partial charge on any atom is -0.345 e. The van der Waals surface area contributed by atoms with Crippen LogP contribution in [-0.4, -0.2) is 51.5 Å². The maximum absolute atomic E-state index is 13.5. The number of likely N-dealkylation sites (tertiary alicyclic amines) is 1. The summed E-state index contributed by atoms with van der Waals surface area (Å²) in [7, 11) is 3.86. The number of piperidine rings is 1. The van der Waals surface area contributed by atoms with Gasteiger partial charge < -0.3 is 9.80 Å². The van der Waals surface area contributed by atoms with E-state index in [4.69, 9.17) is 0 Å². The second-order valence-corrected chi connectivity index (χ2v) is 7.95. The van der Waals surface area contributed by atoms with Crippen molar-refractivity contribution in [2.45, 2.75) is 59.3 Å². The lowest BCUT2D eigenvalue weighted by molar-refractivity contribution is -0.146. The summed E-state index contributed by atoms with van der Waals surface area (Å²) in [4.78, 5) is 29.6. The molecular formula is C21H32N4O2. The molecule has 0 radical (unpaired) electrons. The van der Waals surface area contributed by atoms with Crippen LogP contribution in [0.2, 0.25) is 0 Å². The van der Waals surface area contributed by atoms with E-state index in [1.54, 1.807) is 0 Å². The highest BCUT2D eigenvalue weighted by Crippen LogP contribution is 2.47. The smallest absolute Gasteiger partial charge is 0.234 e. The third-order valence-electron chi connectivity index (χ3n) is 6.42. The molecule has 0 aromatic carbocycles. The zero-order chi connectivity index (χ0) is 19.8. The summed E-state index contributed by atoms with van der Waals surface area (Å²) in [6.07, 6.45) is 6.84. The van der Waals surface area contributed by atoms with Crippen LogP contribution in [-0.2, 0) is 23.1 Å². The third-order valence-corrected chi connectivity index (χ3v) is 6.42. The Morgan fingerprint density at radius 1 is 1.33 bits per heavy atom. The molecule has 1 aromatic rings. The summed E-state index contributed by atoms with van der Waals surface area (Å²) >= 11 is 0. The van der Waals surface area contributed by atoms with Gasteiger partial charge in [0.25, 0.3) is 0 Å². The topological polar surface area (TPSA) is 58.4 Å². The van der Waals surface area contributed by atoms with E-state index in [2.05, 4.69) is 18.1 Å². The molecule has 0 N–H and O–H groups in total. The molecular weight excluding hydrogens is 340 g/mol. The maximum atomic E-state index is 13.5. The van der Waals surface area contributed by atoms with Crippen molar-refractivity contribution < 1.29 is 9.59 Å². The Morgan fingerprint density at radius 3 is 2.70 bits per heavy atom. The van der Waals surface area contributed by atoms with Crippen molar-refractivity contribution in [3.05, 3.63) is 28.7 Å². The van der Waals surface area contributed by atoms with Crippen molar-refractivity contribution in [2.24, 2.45) is 12.5 Å². The average Bonchev–Trinajstić information content (AvgIpc) is 2.90. The van der Waals surface area contributed by atoms with Gasteiger partial charge in [-0.25, -0.2) is 0 Å². The van der Waals surface area contributed by atoms with Crippen LogP contribution in [0.5, 0.6) is 0 Å². The van der Waals surface area contributed by atoms with Crippen LogP contribution in [0.25, 0.3) is 0 Å². The fourth-order valence-electron chi connectivity index (χ4n) is 4.77. The number of rotatable bonds is 5. The highest BCUT2D eigenvalue weighted by atomic mass is 16.2. The largest absolute Gasteiger partial charge is 0.345 e. The van der Waals surface area contributed by atoms with Gasteiger partial charge in [-0.2, -0.15) is 5.10 Å². The number of carbonyl (C=O) groups is 2. The molecule has 0 saturated carbocycles. The molecule has 6 heteroatoms. The number of aryl methyl sites for hydroxylation is 2. The molecule has 2 heterocycles. The molecule has 1 aliphatic carbocycles. The zero-order valence-corrected chi connectivity index (χ0v) is 17.3. The van der Waals surface area contributed by atoms with Gasteiger partial charge in [0.15, 0.2) is 0 Å². The summed E-state index contributed by atoms with van der Waals surface area (Å²) in [5.41, 5.74) is 3.86. The van der Waals surface area contributed by atoms with Gasteiger partial charge in [0.2, 0.25) is 11.8 Å². The summed E-state index contributed by atoms with van der Waals surface area (Å²) in [5.74, 6) is 0.317. The van der Waals surface area contributed by atoms with Gasteiger partial charge in [0.05, 0.1) is 11.1 Å². The van der Waals surface area contributed by atoms with Gasteiger partial charge in [-0.15, -0.1) is 0 Å². The first-order valence-electron chi connectivity index (χ1n) is 10.1. The van der Waals surface area contributed by atoms with E-state index in [0.717, 1.165) is 42.8 Å². The summed E-state index contributed by atoms with van der Waals surface area (Å²) in [6.45, 7) is 7.39. The van der Waals surface area contributed by atoms with Crippen molar-refractivity contribution in [3.8, 4) is 0 Å². The molecule has 1 atom stereocenters. The Balaban J connectivity index is 1.79. The summed E-state index contributed by atoms with van der Waals surface area (Å²) in [5, 5.41) is 4.48. The van der Waals surface area contributed by atoms with E-state index in [-0.39, 0.29) is 11.8 Å². The second-order valence-electron chi connectivity index (χ2n) is 7.95. The number of fused-ring (bicyclic) bond motifs is 1. The van der Waals surface area contributed by atoms with Crippen LogP contribution >= 0.6 is 0 Å². The Labute approximate surface area is 162 Å². The first-order valence-corrected chi connectivity index (χ1v) is 10.1. The quantitative estimate of drug-likeness (QED) is 0.798. The van der Waals surface area contributed by atoms with Crippen molar-refractivity contribution in [2.75, 3.05) is 20.1 Å². The van der Waals surface area contributed by atoms with E-state index in [1.807, 2.05) is 42.4 Å². The number of amides is 2. The monoisotopic (exact) mass is 372 g/mol. The Morgan fingerprint density at radius 2 is 2.07 bits per heavy atom. The second kappa shape index (κ2) is 7.49. The van der Waals surface area contributed by atoms with Gasteiger partial charge >= 0.3 is 0 Å². The lowest BCUT2D eigenvalue weighted by Crippen LogP contribution is -2.53. The van der Waals surface area contributed by atoms with Crippen LogP contribution in [0, 0.1) is 19.3 Å². The number of hydrogen-bond donors (Lipinski definition) is 0. The normalized spacial score (nSPS) is 22.5. The fourth-order valence-corrected chi connectivity index (χ4v) is 4.77. The van der Waals surface area contributed by atoms with Crippen LogP contribution in [0.15, 0.2) is 11.8 Å². The van der Waals surface area contributed by atoms with E-state index in [9.17, 15) is 9.59 Å². The first kappa shape index (κ1) is 19.6. The SMILES string of the molecule is CCN1C(=O)CCC2(C(=O)N(C)CCc3c(C)nn(C)c3C)CCCC=C12. The van der Waals surface area contributed by atoms with Crippen LogP contribution in [0.1, 0.15) is 56.0 Å². The van der Waals surface area contributed by atoms with Gasteiger partial charge in [-0.1, -0.05) is 6.08 Å². The number of carbonyl (C=O) groups excluding carboxylic acids is 2. The van der Waals surface area contributed by atoms with Gasteiger partial charge in [-0.3, -0.25) is 14.3 Å². The molecule has 6 nitrogen and oxygen atoms in total. The molecule has 0 spiro atoms. The van der Waals surface area contributed by atoms with Crippen molar-refractivity contribution in [1.82, 2.24) is 19.6 Å². The Bertz CT molecular complexity index is 779. The molecule has 2 aliphatic rings. The standard InChI is InChI=1S/C21H32N4O2/c1-6-25-18-9-7-8-12-21(18,13-10-19(25)26)20(27)23(4)14-11-17-15(2)22-24(5)16(17)3/h9H,6-8,10-14H2,1-5H3. The predicted molar refractivity (Wildman–Crippen MR) is 105 cm³/mol. The molecule has 1 aliphatic heterocycles. The number of likely N-dealkylation sites (N-methyl/N-ethyl adjacent to an activating group) is 1. The molecule has 1 saturated heterocycles. The first-order chi connectivity index (χ1) is 12.8. The molecule has 1 fully saturated rings. The van der Waals surface area contributed by atoms with E-state index in [1.165, 1.54) is 5.56 Å². The number of hydrogen-bond acceptors (Lipinski definition) is 3. The molecule has 0 bridgehead atoms. The third kappa shape index (κ3) is 3.30. The van der Waals surface area contributed by atoms with Crippen molar-refractivity contribution >= 4 is 11.8 Å². The Kier molecular flexibility index (Phi) is 5.45. The Hall–Kier alpha value is -2.11. The predicted octanol–water partition coefficient (Wildman–Crippen LogP) is 2.73. The minimum absolute atomic E-state index is 0.151. The maximum Gasteiger partial charge on any atom is 0.234 e. The molecule has 148 valence electrons. The lowest BCUT2D eigenvalue weighted by Gasteiger charge is -2.47. The summed E-state index contributed by atoms with van der Waals surface area (Å²) < 4.78 is 1.90. The fraction of sp³-hybridized carbons (Fsp3) is 0.667. The highest BCUT2D eigenvalue weighted by Gasteiger charge is 2.50. The minimum atomic E-state index is -0.518. The average molecular weight is 373 g/mol. The molecule has 3 rings (SSSR count). The van der Waals surface area contributed by atoms with Crippen molar-refractivity contribution in [1.29, 1.82) is 0 Å². The van der Waals surface area contributed by atoms with Crippen molar-refractivity contribution in [3.63, 3.8) is 0 Å². The number of nitrogens with zero attached hydrogens (tertiary/aromatic N) is 4. The molecule has 2 amide bonds. The van der Waals surface area contributed by atoms with Crippen LogP contribution < -0.4 is 0 Å². The molecule has 27 heavy (non-hydrogen) atoms. The van der Waals surface area contributed by atoms with Crippen LogP contribution in [0.3, 0.4) is 0 Å². The number of aromatic nitrogens is 2. The number of allylic oxidation sites excluding steroid dienone is 1. The van der Waals surface area contributed by atoms with Gasteiger partial charge in [0.1, 0.15) is 0 Å². The molecule has 1 aromatic heterocycles.